The summed E-state index contributed by atoms with van der Waals surface area (Å²) in [5.74, 6) is 0.775. The van der Waals surface area contributed by atoms with Crippen molar-refractivity contribution in [3.05, 3.63) is 59.7 Å². The van der Waals surface area contributed by atoms with Crippen LogP contribution in [0.3, 0.4) is 0 Å². The van der Waals surface area contributed by atoms with Crippen LogP contribution in [0.25, 0.3) is 0 Å². The van der Waals surface area contributed by atoms with Crippen molar-refractivity contribution in [2.75, 3.05) is 51.1 Å². The van der Waals surface area contributed by atoms with Crippen molar-refractivity contribution in [2.24, 2.45) is 0 Å². The quantitative estimate of drug-likeness (QED) is 0.0947. The fraction of sp³-hybridized carbons (Fsp3) is 0.667. The lowest BCUT2D eigenvalue weighted by Gasteiger charge is -2.31. The second-order valence-electron chi connectivity index (χ2n) is 13.5. The Kier molecular flexibility index (Phi) is 16.9. The first-order valence-corrected chi connectivity index (χ1v) is 20.6. The maximum Gasteiger partial charge on any atom is 0.303 e. The molecule has 2 aromatic carbocycles. The summed E-state index contributed by atoms with van der Waals surface area (Å²) >= 11 is 0. The van der Waals surface area contributed by atoms with Gasteiger partial charge in [0.25, 0.3) is 0 Å². The van der Waals surface area contributed by atoms with E-state index in [0.29, 0.717) is 19.6 Å². The number of aliphatic carboxylic acids is 1. The zero-order valence-corrected chi connectivity index (χ0v) is 30.3. The van der Waals surface area contributed by atoms with E-state index < -0.39 is 18.6 Å². The largest absolute Gasteiger partial charge is 0.491 e. The number of ether oxygens (including phenoxy) is 4. The molecule has 2 aromatic rings. The SMILES string of the molecule is CC(CCC(=O)O)(c1ccc(OCC2CO2)cc1)c1ccc(OCC2CO2)cc1.CCCC[P+](CCCC)(CCCC)CCCC. The molecule has 0 radical (unpaired) electrons. The number of benzene rings is 2. The van der Waals surface area contributed by atoms with Crippen LogP contribution in [0.1, 0.15) is 110 Å². The minimum Gasteiger partial charge on any atom is -0.491 e. The molecule has 2 unspecified atom stereocenters. The summed E-state index contributed by atoms with van der Waals surface area (Å²) in [4.78, 5) is 11.3. The highest BCUT2D eigenvalue weighted by molar-refractivity contribution is 7.75. The summed E-state index contributed by atoms with van der Waals surface area (Å²) in [5.41, 5.74) is 1.66. The topological polar surface area (TPSA) is 80.8 Å². The van der Waals surface area contributed by atoms with E-state index in [1.807, 2.05) is 48.5 Å². The van der Waals surface area contributed by atoms with Crippen LogP contribution in [0.15, 0.2) is 48.5 Å². The van der Waals surface area contributed by atoms with Crippen LogP contribution in [0.5, 0.6) is 11.5 Å². The van der Waals surface area contributed by atoms with E-state index in [2.05, 4.69) is 34.6 Å². The molecule has 0 aliphatic carbocycles. The molecule has 46 heavy (non-hydrogen) atoms. The average molecular weight is 658 g/mol. The lowest BCUT2D eigenvalue weighted by atomic mass is 9.73. The van der Waals surface area contributed by atoms with Crippen molar-refractivity contribution in [3.63, 3.8) is 0 Å². The summed E-state index contributed by atoms with van der Waals surface area (Å²) in [5, 5.41) is 9.25. The third kappa shape index (κ3) is 13.5. The molecule has 4 rings (SSSR count). The second-order valence-corrected chi connectivity index (χ2v) is 17.9. The maximum atomic E-state index is 11.3. The number of hydrogen-bond donors (Lipinski definition) is 1. The summed E-state index contributed by atoms with van der Waals surface area (Å²) in [6, 6.07) is 15.8. The van der Waals surface area contributed by atoms with E-state index >= 15 is 0 Å². The van der Waals surface area contributed by atoms with Gasteiger partial charge in [0.15, 0.2) is 0 Å². The van der Waals surface area contributed by atoms with Crippen molar-refractivity contribution < 1.29 is 28.8 Å². The highest BCUT2D eigenvalue weighted by Gasteiger charge is 2.34. The van der Waals surface area contributed by atoms with Gasteiger partial charge in [-0.15, -0.1) is 0 Å². The Labute approximate surface area is 280 Å². The highest BCUT2D eigenvalue weighted by Crippen LogP contribution is 2.61. The molecule has 258 valence electrons. The van der Waals surface area contributed by atoms with Crippen LogP contribution in [0.2, 0.25) is 0 Å². The molecule has 2 heterocycles. The number of epoxide rings is 2. The van der Waals surface area contributed by atoms with Crippen LogP contribution in [-0.4, -0.2) is 74.4 Å². The standard InChI is InChI=1S/C23H26O6.C16H36P/c1-23(11-10-22(24)25,16-2-6-18(7-3-16)26-12-20-14-28-20)17-4-8-19(9-5-17)27-13-21-15-29-21;1-5-9-13-17(14-10-6-2,15-11-7-3)16-12-8-4/h2-9,20-21H,10-15H2,1H3,(H,24,25);5-16H2,1-4H3/q;+1. The fourth-order valence-electron chi connectivity index (χ4n) is 6.00. The zero-order valence-electron chi connectivity index (χ0n) is 29.4. The van der Waals surface area contributed by atoms with Gasteiger partial charge in [-0.3, -0.25) is 4.79 Å². The van der Waals surface area contributed by atoms with E-state index in [0.717, 1.165) is 35.8 Å². The summed E-state index contributed by atoms with van der Waals surface area (Å²) < 4.78 is 21.8. The number of unbranched alkanes of at least 4 members (excludes halogenated alkanes) is 4. The molecule has 2 saturated heterocycles. The van der Waals surface area contributed by atoms with Gasteiger partial charge >= 0.3 is 5.97 Å². The van der Waals surface area contributed by atoms with E-state index in [-0.39, 0.29) is 18.6 Å². The molecule has 7 heteroatoms. The number of rotatable bonds is 23. The normalized spacial score (nSPS) is 18.2. The Bertz CT molecular complexity index is 1010. The molecule has 2 aliphatic heterocycles. The maximum absolute atomic E-state index is 11.3. The van der Waals surface area contributed by atoms with Gasteiger partial charge in [-0.05, 0) is 67.5 Å². The van der Waals surface area contributed by atoms with Crippen LogP contribution in [0.4, 0.5) is 0 Å². The average Bonchev–Trinajstić information content (AvgIpc) is 4.02. The lowest BCUT2D eigenvalue weighted by Crippen LogP contribution is -2.25. The molecule has 0 bridgehead atoms. The van der Waals surface area contributed by atoms with Crippen LogP contribution in [0, 0.1) is 0 Å². The molecule has 6 nitrogen and oxygen atoms in total. The Morgan fingerprint density at radius 1 is 0.717 bits per heavy atom. The van der Waals surface area contributed by atoms with Gasteiger partial charge < -0.3 is 24.1 Å². The molecular formula is C39H62O6P+. The molecule has 2 fully saturated rings. The van der Waals surface area contributed by atoms with Crippen molar-refractivity contribution in [3.8, 4) is 11.5 Å². The van der Waals surface area contributed by atoms with Gasteiger partial charge in [0.2, 0.25) is 0 Å². The lowest BCUT2D eigenvalue weighted by molar-refractivity contribution is -0.137. The van der Waals surface area contributed by atoms with E-state index in [1.165, 1.54) is 51.4 Å². The van der Waals surface area contributed by atoms with Gasteiger partial charge in [0, 0.05) is 19.1 Å². The molecule has 0 saturated carbocycles. The molecular weight excluding hydrogens is 595 g/mol. The van der Waals surface area contributed by atoms with E-state index in [4.69, 9.17) is 18.9 Å². The van der Waals surface area contributed by atoms with Gasteiger partial charge in [0.1, 0.15) is 36.9 Å². The molecule has 2 aliphatic rings. The van der Waals surface area contributed by atoms with Gasteiger partial charge in [0.05, 0.1) is 37.9 Å². The predicted octanol–water partition coefficient (Wildman–Crippen LogP) is 9.62. The smallest absolute Gasteiger partial charge is 0.303 e. The number of carboxylic acid groups (broad SMARTS) is 1. The molecule has 0 amide bonds. The summed E-state index contributed by atoms with van der Waals surface area (Å²) in [6.45, 7) is 14.1. The number of carbonyl (C=O) groups is 1. The predicted molar refractivity (Wildman–Crippen MR) is 193 cm³/mol. The van der Waals surface area contributed by atoms with E-state index in [1.54, 1.807) is 24.6 Å². The zero-order chi connectivity index (χ0) is 33.3. The van der Waals surface area contributed by atoms with Gasteiger partial charge in [-0.1, -0.05) is 84.6 Å². The molecule has 0 spiro atoms. The molecule has 2 atom stereocenters. The number of hydrogen-bond acceptors (Lipinski definition) is 5. The number of carboxylic acids is 1. The van der Waals surface area contributed by atoms with Crippen molar-refractivity contribution in [1.29, 1.82) is 0 Å². The Morgan fingerprint density at radius 3 is 1.35 bits per heavy atom. The monoisotopic (exact) mass is 657 g/mol. The van der Waals surface area contributed by atoms with Crippen LogP contribution >= 0.6 is 7.26 Å². The second kappa shape index (κ2) is 20.3. The highest BCUT2D eigenvalue weighted by atomic mass is 31.2. The Balaban J connectivity index is 0.000000292. The first-order chi connectivity index (χ1) is 22.3. The minimum absolute atomic E-state index is 0.0883. The first-order valence-electron chi connectivity index (χ1n) is 18.0. The first kappa shape index (κ1) is 38.3. The van der Waals surface area contributed by atoms with Crippen molar-refractivity contribution in [2.45, 2.75) is 116 Å². The molecule has 1 N–H and O–H groups in total. The molecule has 0 aromatic heterocycles. The summed E-state index contributed by atoms with van der Waals surface area (Å²) in [6.07, 6.45) is 19.0. The van der Waals surface area contributed by atoms with Gasteiger partial charge in [-0.2, -0.15) is 0 Å². The third-order valence-corrected chi connectivity index (χ3v) is 14.5. The minimum atomic E-state index is -0.801. The Morgan fingerprint density at radius 2 is 1.07 bits per heavy atom. The third-order valence-electron chi connectivity index (χ3n) is 9.44. The van der Waals surface area contributed by atoms with Crippen LogP contribution < -0.4 is 9.47 Å². The fourth-order valence-corrected chi connectivity index (χ4v) is 11.3. The summed E-state index contributed by atoms with van der Waals surface area (Å²) in [7, 11) is -0.562. The van der Waals surface area contributed by atoms with Crippen molar-refractivity contribution in [1.82, 2.24) is 0 Å². The Hall–Kier alpha value is -2.14. The van der Waals surface area contributed by atoms with E-state index in [9.17, 15) is 9.90 Å². The van der Waals surface area contributed by atoms with Crippen molar-refractivity contribution >= 4 is 13.2 Å². The van der Waals surface area contributed by atoms with Crippen LogP contribution in [-0.2, 0) is 19.7 Å². The van der Waals surface area contributed by atoms with Gasteiger partial charge in [-0.25, -0.2) is 0 Å².